The molecule has 6 nitrogen and oxygen atoms in total. The van der Waals surface area contributed by atoms with Crippen LogP contribution in [0.25, 0.3) is 5.69 Å². The fraction of sp³-hybridized carbons (Fsp3) is 0.312. The number of hydrogen-bond acceptors (Lipinski definition) is 3. The van der Waals surface area contributed by atoms with E-state index in [2.05, 4.69) is 21.0 Å². The summed E-state index contributed by atoms with van der Waals surface area (Å²) in [6, 6.07) is 7.60. The maximum atomic E-state index is 12.5. The monoisotopic (exact) mass is 377 g/mol. The van der Waals surface area contributed by atoms with Gasteiger partial charge < -0.3 is 10.0 Å². The molecule has 7 heteroatoms. The quantitative estimate of drug-likeness (QED) is 0.891. The Bertz CT molecular complexity index is 726. The Hall–Kier alpha value is -2.15. The van der Waals surface area contributed by atoms with Crippen LogP contribution in [0, 0.1) is 5.92 Å². The first-order chi connectivity index (χ1) is 11.0. The number of likely N-dealkylation sites (tertiary alicyclic amines) is 1. The highest BCUT2D eigenvalue weighted by atomic mass is 79.9. The molecule has 1 atom stereocenters. The molecule has 0 bridgehead atoms. The van der Waals surface area contributed by atoms with Crippen LogP contribution in [0.3, 0.4) is 0 Å². The van der Waals surface area contributed by atoms with Gasteiger partial charge in [0.05, 0.1) is 23.4 Å². The summed E-state index contributed by atoms with van der Waals surface area (Å²) in [6.07, 6.45) is 4.53. The van der Waals surface area contributed by atoms with Crippen molar-refractivity contribution in [3.8, 4) is 5.69 Å². The molecule has 0 spiro atoms. The molecule has 0 saturated carbocycles. The lowest BCUT2D eigenvalue weighted by Gasteiger charge is -2.30. The van der Waals surface area contributed by atoms with Crippen molar-refractivity contribution in [3.63, 3.8) is 0 Å². The third kappa shape index (κ3) is 3.44. The van der Waals surface area contributed by atoms with E-state index in [1.165, 1.54) is 6.20 Å². The predicted molar refractivity (Wildman–Crippen MR) is 87.5 cm³/mol. The third-order valence-electron chi connectivity index (χ3n) is 3.98. The van der Waals surface area contributed by atoms with Crippen molar-refractivity contribution >= 4 is 27.8 Å². The van der Waals surface area contributed by atoms with Gasteiger partial charge in [-0.2, -0.15) is 5.10 Å². The lowest BCUT2D eigenvalue weighted by Crippen LogP contribution is -2.42. The second kappa shape index (κ2) is 6.54. The summed E-state index contributed by atoms with van der Waals surface area (Å²) in [6.45, 7) is 0.851. The van der Waals surface area contributed by atoms with E-state index in [4.69, 9.17) is 5.11 Å². The number of benzene rings is 1. The van der Waals surface area contributed by atoms with Gasteiger partial charge in [0, 0.05) is 23.8 Å². The summed E-state index contributed by atoms with van der Waals surface area (Å²) < 4.78 is 2.61. The number of piperidine rings is 1. The molecular formula is C16H16BrN3O3. The SMILES string of the molecule is O=C(O)C1CCCN(C(=O)c2cnn(-c3ccc(Br)cc3)c2)C1. The van der Waals surface area contributed by atoms with Crippen molar-refractivity contribution in [2.45, 2.75) is 12.8 Å². The average Bonchev–Trinajstić information content (AvgIpc) is 3.05. The highest BCUT2D eigenvalue weighted by molar-refractivity contribution is 9.10. The average molecular weight is 378 g/mol. The second-order valence-corrected chi connectivity index (χ2v) is 6.49. The number of carboxylic acid groups (broad SMARTS) is 1. The topological polar surface area (TPSA) is 75.4 Å². The molecule has 0 aliphatic carbocycles. The van der Waals surface area contributed by atoms with Crippen molar-refractivity contribution < 1.29 is 14.7 Å². The molecule has 2 heterocycles. The minimum absolute atomic E-state index is 0.167. The molecular weight excluding hydrogens is 362 g/mol. The van der Waals surface area contributed by atoms with Gasteiger partial charge in [0.2, 0.25) is 0 Å². The Balaban J connectivity index is 1.75. The van der Waals surface area contributed by atoms with Crippen LogP contribution in [-0.4, -0.2) is 44.8 Å². The fourth-order valence-corrected chi connectivity index (χ4v) is 2.98. The van der Waals surface area contributed by atoms with Gasteiger partial charge in [0.25, 0.3) is 5.91 Å². The number of carbonyl (C=O) groups is 2. The predicted octanol–water partition coefficient (Wildman–Crippen LogP) is 2.57. The van der Waals surface area contributed by atoms with Crippen molar-refractivity contribution in [1.29, 1.82) is 0 Å². The molecule has 1 aliphatic heterocycles. The zero-order chi connectivity index (χ0) is 16.4. The number of carbonyl (C=O) groups excluding carboxylic acids is 1. The van der Waals surface area contributed by atoms with E-state index in [0.29, 0.717) is 24.9 Å². The van der Waals surface area contributed by atoms with E-state index in [1.807, 2.05) is 24.3 Å². The summed E-state index contributed by atoms with van der Waals surface area (Å²) in [4.78, 5) is 25.3. The number of halogens is 1. The zero-order valence-corrected chi connectivity index (χ0v) is 13.9. The summed E-state index contributed by atoms with van der Waals surface area (Å²) >= 11 is 3.38. The molecule has 2 aromatic rings. The fourth-order valence-electron chi connectivity index (χ4n) is 2.71. The van der Waals surface area contributed by atoms with Crippen molar-refractivity contribution in [2.24, 2.45) is 5.92 Å². The molecule has 23 heavy (non-hydrogen) atoms. The molecule has 1 aromatic carbocycles. The third-order valence-corrected chi connectivity index (χ3v) is 4.51. The van der Waals surface area contributed by atoms with E-state index >= 15 is 0 Å². The number of hydrogen-bond donors (Lipinski definition) is 1. The molecule has 120 valence electrons. The van der Waals surface area contributed by atoms with E-state index in [1.54, 1.807) is 15.8 Å². The largest absolute Gasteiger partial charge is 0.481 e. The summed E-state index contributed by atoms with van der Waals surface area (Å²) in [7, 11) is 0. The molecule has 1 fully saturated rings. The Morgan fingerprint density at radius 1 is 1.26 bits per heavy atom. The molecule has 1 amide bonds. The highest BCUT2D eigenvalue weighted by Gasteiger charge is 2.29. The van der Waals surface area contributed by atoms with Crippen LogP contribution in [-0.2, 0) is 4.79 Å². The standard InChI is InChI=1S/C16H16BrN3O3/c17-13-3-5-14(6-4-13)20-10-12(8-18-20)15(21)19-7-1-2-11(9-19)16(22)23/h3-6,8,10-11H,1-2,7,9H2,(H,22,23). The smallest absolute Gasteiger partial charge is 0.308 e. The molecule has 0 radical (unpaired) electrons. The van der Waals surface area contributed by atoms with Crippen molar-refractivity contribution in [1.82, 2.24) is 14.7 Å². The first-order valence-electron chi connectivity index (χ1n) is 7.37. The Kier molecular flexibility index (Phi) is 4.47. The minimum Gasteiger partial charge on any atom is -0.481 e. The van der Waals surface area contributed by atoms with Crippen LogP contribution in [0.4, 0.5) is 0 Å². The molecule has 3 rings (SSSR count). The maximum absolute atomic E-state index is 12.5. The van der Waals surface area contributed by atoms with E-state index in [0.717, 1.165) is 10.2 Å². The van der Waals surface area contributed by atoms with Gasteiger partial charge in [0.15, 0.2) is 0 Å². The van der Waals surface area contributed by atoms with Gasteiger partial charge >= 0.3 is 5.97 Å². The number of rotatable bonds is 3. The van der Waals surface area contributed by atoms with E-state index in [9.17, 15) is 9.59 Å². The number of aliphatic carboxylic acids is 1. The Morgan fingerprint density at radius 3 is 2.70 bits per heavy atom. The van der Waals surface area contributed by atoms with Crippen LogP contribution >= 0.6 is 15.9 Å². The molecule has 1 aromatic heterocycles. The molecule has 1 saturated heterocycles. The molecule has 1 N–H and O–H groups in total. The van der Waals surface area contributed by atoms with Crippen LogP contribution in [0.2, 0.25) is 0 Å². The summed E-state index contributed by atoms with van der Waals surface area (Å²) in [5, 5.41) is 13.3. The van der Waals surface area contributed by atoms with Crippen LogP contribution < -0.4 is 0 Å². The first kappa shape index (κ1) is 15.7. The second-order valence-electron chi connectivity index (χ2n) is 5.58. The lowest BCUT2D eigenvalue weighted by atomic mass is 9.98. The van der Waals surface area contributed by atoms with Gasteiger partial charge in [-0.25, -0.2) is 4.68 Å². The van der Waals surface area contributed by atoms with Gasteiger partial charge in [-0.05, 0) is 37.1 Å². The maximum Gasteiger partial charge on any atom is 0.308 e. The summed E-state index contributed by atoms with van der Waals surface area (Å²) in [5.41, 5.74) is 1.33. The Labute approximate surface area is 141 Å². The van der Waals surface area contributed by atoms with Gasteiger partial charge in [-0.15, -0.1) is 0 Å². The highest BCUT2D eigenvalue weighted by Crippen LogP contribution is 2.19. The minimum atomic E-state index is -0.840. The zero-order valence-electron chi connectivity index (χ0n) is 12.4. The van der Waals surface area contributed by atoms with Crippen molar-refractivity contribution in [2.75, 3.05) is 13.1 Å². The number of aromatic nitrogens is 2. The first-order valence-corrected chi connectivity index (χ1v) is 8.16. The van der Waals surface area contributed by atoms with Gasteiger partial charge in [-0.3, -0.25) is 9.59 Å². The number of carboxylic acids is 1. The van der Waals surface area contributed by atoms with Gasteiger partial charge in [0.1, 0.15) is 0 Å². The Morgan fingerprint density at radius 2 is 2.00 bits per heavy atom. The lowest BCUT2D eigenvalue weighted by molar-refractivity contribution is -0.143. The van der Waals surface area contributed by atoms with E-state index in [-0.39, 0.29) is 12.5 Å². The van der Waals surface area contributed by atoms with Crippen molar-refractivity contribution in [3.05, 3.63) is 46.7 Å². The van der Waals surface area contributed by atoms with Crippen LogP contribution in [0.15, 0.2) is 41.1 Å². The van der Waals surface area contributed by atoms with Crippen LogP contribution in [0.5, 0.6) is 0 Å². The van der Waals surface area contributed by atoms with Crippen LogP contribution in [0.1, 0.15) is 23.2 Å². The van der Waals surface area contributed by atoms with E-state index < -0.39 is 11.9 Å². The molecule has 1 aliphatic rings. The van der Waals surface area contributed by atoms with Gasteiger partial charge in [-0.1, -0.05) is 15.9 Å². The number of nitrogens with zero attached hydrogens (tertiary/aromatic N) is 3. The number of amides is 1. The summed E-state index contributed by atoms with van der Waals surface area (Å²) in [5.74, 6) is -1.48. The normalized spacial score (nSPS) is 18.0. The molecule has 1 unspecified atom stereocenters.